The summed E-state index contributed by atoms with van der Waals surface area (Å²) >= 11 is 0. The van der Waals surface area contributed by atoms with Crippen LogP contribution in [0.2, 0.25) is 0 Å². The average Bonchev–Trinajstić information content (AvgIpc) is 1.97. The molecule has 0 atom stereocenters. The van der Waals surface area contributed by atoms with Gasteiger partial charge < -0.3 is 11.1 Å². The first kappa shape index (κ1) is 9.92. The highest BCUT2D eigenvalue weighted by Gasteiger charge is 1.85. The Morgan fingerprint density at radius 1 is 1.10 bits per heavy atom. The zero-order valence-electron chi connectivity index (χ0n) is 6.73. The molecule has 0 aliphatic heterocycles. The number of rotatable bonds is 7. The quantitative estimate of drug-likeness (QED) is 0.520. The van der Waals surface area contributed by atoms with E-state index in [9.17, 15) is 0 Å². The van der Waals surface area contributed by atoms with Crippen molar-refractivity contribution >= 4 is 0 Å². The van der Waals surface area contributed by atoms with Crippen molar-refractivity contribution in [3.63, 3.8) is 0 Å². The van der Waals surface area contributed by atoms with E-state index < -0.39 is 0 Å². The lowest BCUT2D eigenvalue weighted by molar-refractivity contribution is 0.610. The van der Waals surface area contributed by atoms with Crippen molar-refractivity contribution in [2.75, 3.05) is 19.6 Å². The molecule has 0 aliphatic rings. The topological polar surface area (TPSA) is 38.0 Å². The van der Waals surface area contributed by atoms with E-state index in [2.05, 4.69) is 12.2 Å². The third-order valence-corrected chi connectivity index (χ3v) is 1.41. The fourth-order valence-electron chi connectivity index (χ4n) is 0.769. The average molecular weight is 143 g/mol. The smallest absolute Gasteiger partial charge is 0.00484 e. The Morgan fingerprint density at radius 3 is 2.40 bits per heavy atom. The van der Waals surface area contributed by atoms with Crippen LogP contribution in [0.4, 0.5) is 0 Å². The number of nitrogens with two attached hydrogens (primary N) is 1. The Morgan fingerprint density at radius 2 is 1.80 bits per heavy atom. The van der Waals surface area contributed by atoms with Crippen LogP contribution in [0.5, 0.6) is 0 Å². The number of hydrogen-bond donors (Lipinski definition) is 2. The van der Waals surface area contributed by atoms with Gasteiger partial charge in [-0.15, -0.1) is 0 Å². The van der Waals surface area contributed by atoms with Crippen molar-refractivity contribution < 1.29 is 0 Å². The summed E-state index contributed by atoms with van der Waals surface area (Å²) in [6, 6.07) is 0. The van der Waals surface area contributed by atoms with Gasteiger partial charge in [-0.3, -0.25) is 0 Å². The van der Waals surface area contributed by atoms with E-state index in [0.717, 1.165) is 32.5 Å². The molecule has 3 N–H and O–H groups in total. The van der Waals surface area contributed by atoms with Crippen LogP contribution >= 0.6 is 0 Å². The predicted molar refractivity (Wildman–Crippen MR) is 45.7 cm³/mol. The highest BCUT2D eigenvalue weighted by molar-refractivity contribution is 4.49. The number of hydrogen-bond acceptors (Lipinski definition) is 2. The maximum atomic E-state index is 5.33. The summed E-state index contributed by atoms with van der Waals surface area (Å²) in [5, 5.41) is 3.33. The van der Waals surface area contributed by atoms with Gasteiger partial charge in [0.25, 0.3) is 0 Å². The van der Waals surface area contributed by atoms with Gasteiger partial charge in [0.1, 0.15) is 0 Å². The molecule has 0 unspecified atom stereocenters. The minimum absolute atomic E-state index is 0.816. The lowest BCUT2D eigenvalue weighted by Gasteiger charge is -2.01. The fraction of sp³-hybridized carbons (Fsp3) is 0.875. The molecule has 1 radical (unpaired) electrons. The number of nitrogens with one attached hydrogen (secondary N) is 1. The van der Waals surface area contributed by atoms with Crippen LogP contribution in [0.15, 0.2) is 0 Å². The molecule has 0 aromatic carbocycles. The maximum absolute atomic E-state index is 5.33. The molecule has 61 valence electrons. The molecule has 0 saturated heterocycles. The highest BCUT2D eigenvalue weighted by Crippen LogP contribution is 1.84. The molecule has 0 amide bonds. The van der Waals surface area contributed by atoms with Crippen molar-refractivity contribution in [3.05, 3.63) is 6.92 Å². The Hall–Kier alpha value is -0.0800. The molecule has 0 fully saturated rings. The van der Waals surface area contributed by atoms with Crippen LogP contribution in [-0.2, 0) is 0 Å². The van der Waals surface area contributed by atoms with E-state index in [1.54, 1.807) is 0 Å². The second-order valence-electron chi connectivity index (χ2n) is 2.45. The molecular formula is C8H19N2. The van der Waals surface area contributed by atoms with Gasteiger partial charge >= 0.3 is 0 Å². The first-order valence-electron chi connectivity index (χ1n) is 4.12. The van der Waals surface area contributed by atoms with Crippen LogP contribution in [0, 0.1) is 6.92 Å². The van der Waals surface area contributed by atoms with Crippen molar-refractivity contribution in [2.24, 2.45) is 5.73 Å². The zero-order valence-corrected chi connectivity index (χ0v) is 6.73. The van der Waals surface area contributed by atoms with Crippen LogP contribution in [0.25, 0.3) is 0 Å². The van der Waals surface area contributed by atoms with Crippen molar-refractivity contribution in [2.45, 2.75) is 25.7 Å². The summed E-state index contributed by atoms with van der Waals surface area (Å²) in [7, 11) is 0. The van der Waals surface area contributed by atoms with Crippen molar-refractivity contribution in [1.29, 1.82) is 0 Å². The minimum Gasteiger partial charge on any atom is -0.330 e. The van der Waals surface area contributed by atoms with Crippen LogP contribution in [-0.4, -0.2) is 19.6 Å². The van der Waals surface area contributed by atoms with Crippen LogP contribution in [0.1, 0.15) is 25.7 Å². The summed E-state index contributed by atoms with van der Waals surface area (Å²) in [4.78, 5) is 0. The molecule has 0 bridgehead atoms. The minimum atomic E-state index is 0.816. The Balaban J connectivity index is 2.65. The Kier molecular flexibility index (Phi) is 8.85. The molecule has 0 aliphatic carbocycles. The summed E-state index contributed by atoms with van der Waals surface area (Å²) in [5.74, 6) is 0. The van der Waals surface area contributed by atoms with Crippen LogP contribution < -0.4 is 11.1 Å². The lowest BCUT2D eigenvalue weighted by Crippen LogP contribution is -2.17. The SMILES string of the molecule is [CH2]CCCNCCCCN. The van der Waals surface area contributed by atoms with E-state index in [1.165, 1.54) is 12.8 Å². The van der Waals surface area contributed by atoms with Gasteiger partial charge in [-0.25, -0.2) is 0 Å². The monoisotopic (exact) mass is 143 g/mol. The van der Waals surface area contributed by atoms with E-state index in [1.807, 2.05) is 0 Å². The van der Waals surface area contributed by atoms with Gasteiger partial charge in [0.15, 0.2) is 0 Å². The molecule has 0 heterocycles. The van der Waals surface area contributed by atoms with Gasteiger partial charge in [-0.1, -0.05) is 13.3 Å². The molecule has 2 heteroatoms. The molecular weight excluding hydrogens is 124 g/mol. The van der Waals surface area contributed by atoms with Crippen LogP contribution in [0.3, 0.4) is 0 Å². The second kappa shape index (κ2) is 8.92. The van der Waals surface area contributed by atoms with E-state index in [-0.39, 0.29) is 0 Å². The Labute approximate surface area is 64.2 Å². The summed E-state index contributed by atoms with van der Waals surface area (Å²) in [6.07, 6.45) is 4.55. The van der Waals surface area contributed by atoms with Gasteiger partial charge in [0.2, 0.25) is 0 Å². The fourth-order valence-corrected chi connectivity index (χ4v) is 0.769. The highest BCUT2D eigenvalue weighted by atomic mass is 14.8. The third kappa shape index (κ3) is 7.92. The van der Waals surface area contributed by atoms with E-state index in [4.69, 9.17) is 5.73 Å². The molecule has 0 aromatic rings. The second-order valence-corrected chi connectivity index (χ2v) is 2.45. The normalized spacial score (nSPS) is 10.2. The van der Waals surface area contributed by atoms with Gasteiger partial charge in [0, 0.05) is 0 Å². The molecule has 2 nitrogen and oxygen atoms in total. The predicted octanol–water partition coefficient (Wildman–Crippen LogP) is 0.929. The summed E-state index contributed by atoms with van der Waals surface area (Å²) in [5.41, 5.74) is 5.33. The van der Waals surface area contributed by atoms with E-state index in [0.29, 0.717) is 0 Å². The van der Waals surface area contributed by atoms with Gasteiger partial charge in [-0.2, -0.15) is 0 Å². The third-order valence-electron chi connectivity index (χ3n) is 1.41. The summed E-state index contributed by atoms with van der Waals surface area (Å²) in [6.45, 7) is 6.79. The van der Waals surface area contributed by atoms with E-state index >= 15 is 0 Å². The van der Waals surface area contributed by atoms with Crippen molar-refractivity contribution in [3.8, 4) is 0 Å². The molecule has 10 heavy (non-hydrogen) atoms. The molecule has 0 saturated carbocycles. The van der Waals surface area contributed by atoms with Gasteiger partial charge in [-0.05, 0) is 38.9 Å². The zero-order chi connectivity index (χ0) is 7.66. The maximum Gasteiger partial charge on any atom is -0.00484 e. The molecule has 0 spiro atoms. The van der Waals surface area contributed by atoms with Crippen molar-refractivity contribution in [1.82, 2.24) is 5.32 Å². The largest absolute Gasteiger partial charge is 0.330 e. The van der Waals surface area contributed by atoms with Gasteiger partial charge in [0.05, 0.1) is 0 Å². The molecule has 0 aromatic heterocycles. The first-order chi connectivity index (χ1) is 4.91. The summed E-state index contributed by atoms with van der Waals surface area (Å²) < 4.78 is 0. The first-order valence-corrected chi connectivity index (χ1v) is 4.12. The standard InChI is InChI=1S/C8H19N2/c1-2-3-7-10-8-5-4-6-9/h10H,1-9H2. The number of unbranched alkanes of at least 4 members (excludes halogenated alkanes) is 2. The molecule has 0 rings (SSSR count). The Bertz CT molecular complexity index is 47.2. The lowest BCUT2D eigenvalue weighted by atomic mass is 10.3.